The predicted molar refractivity (Wildman–Crippen MR) is 72.7 cm³/mol. The summed E-state index contributed by atoms with van der Waals surface area (Å²) in [6.45, 7) is 3.41. The first-order valence-electron chi connectivity index (χ1n) is 6.02. The number of pyridine rings is 1. The maximum absolute atomic E-state index is 13.7. The number of ether oxygens (including phenoxy) is 1. The van der Waals surface area contributed by atoms with Gasteiger partial charge in [0.1, 0.15) is 0 Å². The first-order chi connectivity index (χ1) is 9.93. The second-order valence-electron chi connectivity index (χ2n) is 4.40. The molecule has 5 nitrogen and oxygen atoms in total. The summed E-state index contributed by atoms with van der Waals surface area (Å²) in [5.41, 5.74) is 7.02. The summed E-state index contributed by atoms with van der Waals surface area (Å²) in [6, 6.07) is 5.23. The lowest BCUT2D eigenvalue weighted by Crippen LogP contribution is -2.17. The van der Waals surface area contributed by atoms with Gasteiger partial charge in [-0.05, 0) is 37.6 Å². The van der Waals surface area contributed by atoms with E-state index in [2.05, 4.69) is 10.1 Å². The normalized spacial score (nSPS) is 11.5. The van der Waals surface area contributed by atoms with E-state index < -0.39 is 11.6 Å². The molecule has 2 rings (SSSR count). The van der Waals surface area contributed by atoms with Gasteiger partial charge in [-0.3, -0.25) is 0 Å². The highest BCUT2D eigenvalue weighted by molar-refractivity contribution is 6.00. The van der Waals surface area contributed by atoms with Gasteiger partial charge in [0.15, 0.2) is 17.4 Å². The molecule has 0 spiro atoms. The van der Waals surface area contributed by atoms with Crippen molar-refractivity contribution in [3.8, 4) is 11.6 Å². The lowest BCUT2D eigenvalue weighted by Gasteiger charge is -2.13. The third-order valence-electron chi connectivity index (χ3n) is 2.80. The molecule has 0 radical (unpaired) electrons. The second-order valence-corrected chi connectivity index (χ2v) is 4.40. The van der Waals surface area contributed by atoms with Crippen LogP contribution >= 0.6 is 0 Å². The Morgan fingerprint density at radius 2 is 2.05 bits per heavy atom. The van der Waals surface area contributed by atoms with Gasteiger partial charge >= 0.3 is 0 Å². The van der Waals surface area contributed by atoms with Gasteiger partial charge in [-0.15, -0.1) is 0 Å². The Labute approximate surface area is 119 Å². The average Bonchev–Trinajstić information content (AvgIpc) is 2.42. The number of nitrogens with two attached hydrogens (primary N) is 1. The Hall–Kier alpha value is -2.70. The molecular weight excluding hydrogens is 280 g/mol. The number of hydrogen-bond donors (Lipinski definition) is 2. The third kappa shape index (κ3) is 2.91. The van der Waals surface area contributed by atoms with Gasteiger partial charge < -0.3 is 15.7 Å². The molecule has 1 aromatic carbocycles. The minimum absolute atomic E-state index is 0.0627. The lowest BCUT2D eigenvalue weighted by molar-refractivity contribution is 0.318. The minimum atomic E-state index is -1.14. The smallest absolute Gasteiger partial charge is 0.231 e. The SMILES string of the molecule is Cc1cc(C)c(C(N)=NO)c(Oc2cccc(F)c2F)n1. The number of rotatable bonds is 3. The number of benzene rings is 1. The summed E-state index contributed by atoms with van der Waals surface area (Å²) in [5.74, 6) is -2.80. The molecule has 0 fully saturated rings. The molecule has 2 aromatic rings. The van der Waals surface area contributed by atoms with Crippen LogP contribution in [0.25, 0.3) is 0 Å². The summed E-state index contributed by atoms with van der Waals surface area (Å²) in [4.78, 5) is 4.09. The number of amidine groups is 1. The summed E-state index contributed by atoms with van der Waals surface area (Å²) in [7, 11) is 0. The zero-order chi connectivity index (χ0) is 15.6. The fourth-order valence-electron chi connectivity index (χ4n) is 1.90. The Morgan fingerprint density at radius 1 is 1.33 bits per heavy atom. The average molecular weight is 293 g/mol. The lowest BCUT2D eigenvalue weighted by atomic mass is 10.1. The quantitative estimate of drug-likeness (QED) is 0.394. The van der Waals surface area contributed by atoms with Crippen LogP contribution in [-0.4, -0.2) is 16.0 Å². The molecule has 1 aromatic heterocycles. The number of aryl methyl sites for hydroxylation is 2. The summed E-state index contributed by atoms with van der Waals surface area (Å²) in [6.07, 6.45) is 0. The van der Waals surface area contributed by atoms with E-state index in [1.54, 1.807) is 19.9 Å². The zero-order valence-corrected chi connectivity index (χ0v) is 11.4. The third-order valence-corrected chi connectivity index (χ3v) is 2.80. The fourth-order valence-corrected chi connectivity index (χ4v) is 1.90. The molecule has 110 valence electrons. The Kier molecular flexibility index (Phi) is 4.02. The van der Waals surface area contributed by atoms with E-state index >= 15 is 0 Å². The molecule has 0 aliphatic heterocycles. The van der Waals surface area contributed by atoms with Crippen molar-refractivity contribution in [1.29, 1.82) is 0 Å². The van der Waals surface area contributed by atoms with Crippen LogP contribution in [0.4, 0.5) is 8.78 Å². The zero-order valence-electron chi connectivity index (χ0n) is 11.4. The number of aromatic nitrogens is 1. The monoisotopic (exact) mass is 293 g/mol. The molecule has 21 heavy (non-hydrogen) atoms. The van der Waals surface area contributed by atoms with Gasteiger partial charge in [-0.2, -0.15) is 4.39 Å². The molecule has 0 unspecified atom stereocenters. The Morgan fingerprint density at radius 3 is 2.71 bits per heavy atom. The van der Waals surface area contributed by atoms with Crippen molar-refractivity contribution >= 4 is 5.84 Å². The van der Waals surface area contributed by atoms with Crippen molar-refractivity contribution in [3.05, 3.63) is 52.7 Å². The Bertz CT molecular complexity index is 718. The van der Waals surface area contributed by atoms with E-state index in [9.17, 15) is 8.78 Å². The highest BCUT2D eigenvalue weighted by Gasteiger charge is 2.18. The van der Waals surface area contributed by atoms with Crippen LogP contribution in [0.1, 0.15) is 16.8 Å². The highest BCUT2D eigenvalue weighted by Crippen LogP contribution is 2.29. The van der Waals surface area contributed by atoms with Crippen LogP contribution < -0.4 is 10.5 Å². The molecule has 0 saturated carbocycles. The van der Waals surface area contributed by atoms with E-state index in [1.165, 1.54) is 12.1 Å². The van der Waals surface area contributed by atoms with Gasteiger partial charge in [0.05, 0.1) is 5.56 Å². The molecule has 0 atom stereocenters. The maximum atomic E-state index is 13.7. The molecule has 0 amide bonds. The van der Waals surface area contributed by atoms with Gasteiger partial charge in [0, 0.05) is 5.69 Å². The van der Waals surface area contributed by atoms with Crippen LogP contribution in [-0.2, 0) is 0 Å². The molecule has 0 aliphatic carbocycles. The van der Waals surface area contributed by atoms with Crippen molar-refractivity contribution in [3.63, 3.8) is 0 Å². The van der Waals surface area contributed by atoms with E-state index in [0.29, 0.717) is 11.3 Å². The van der Waals surface area contributed by atoms with Crippen LogP contribution in [0.2, 0.25) is 0 Å². The van der Waals surface area contributed by atoms with Gasteiger partial charge in [-0.1, -0.05) is 11.2 Å². The van der Waals surface area contributed by atoms with Crippen molar-refractivity contribution in [2.45, 2.75) is 13.8 Å². The molecule has 7 heteroatoms. The second kappa shape index (κ2) is 5.74. The van der Waals surface area contributed by atoms with Crippen molar-refractivity contribution < 1.29 is 18.7 Å². The van der Waals surface area contributed by atoms with Crippen LogP contribution in [0.15, 0.2) is 29.4 Å². The van der Waals surface area contributed by atoms with Crippen LogP contribution in [0, 0.1) is 25.5 Å². The summed E-state index contributed by atoms with van der Waals surface area (Å²) in [5, 5.41) is 11.7. The largest absolute Gasteiger partial charge is 0.435 e. The molecule has 0 bridgehead atoms. The fraction of sp³-hybridized carbons (Fsp3) is 0.143. The van der Waals surface area contributed by atoms with E-state index in [-0.39, 0.29) is 23.0 Å². The van der Waals surface area contributed by atoms with Crippen molar-refractivity contribution in [1.82, 2.24) is 4.98 Å². The molecule has 0 saturated heterocycles. The van der Waals surface area contributed by atoms with E-state index in [1.807, 2.05) is 0 Å². The number of halogens is 2. The van der Waals surface area contributed by atoms with Crippen molar-refractivity contribution in [2.75, 3.05) is 0 Å². The molecule has 3 N–H and O–H groups in total. The number of hydrogen-bond acceptors (Lipinski definition) is 4. The summed E-state index contributed by atoms with van der Waals surface area (Å²) >= 11 is 0. The topological polar surface area (TPSA) is 80.7 Å². The summed E-state index contributed by atoms with van der Waals surface area (Å²) < 4.78 is 32.2. The molecule has 0 aliphatic rings. The number of oxime groups is 1. The van der Waals surface area contributed by atoms with Gasteiger partial charge in [0.25, 0.3) is 0 Å². The Balaban J connectivity index is 2.56. The number of nitrogens with zero attached hydrogens (tertiary/aromatic N) is 2. The van der Waals surface area contributed by atoms with E-state index in [4.69, 9.17) is 15.7 Å². The molecule has 1 heterocycles. The van der Waals surface area contributed by atoms with Crippen molar-refractivity contribution in [2.24, 2.45) is 10.9 Å². The van der Waals surface area contributed by atoms with Crippen LogP contribution in [0.5, 0.6) is 11.6 Å². The first-order valence-corrected chi connectivity index (χ1v) is 6.02. The maximum Gasteiger partial charge on any atom is 0.231 e. The standard InChI is InChI=1S/C14H13F2N3O2/c1-7-6-8(2)18-14(11(7)13(17)19-20)21-10-5-3-4-9(15)12(10)16/h3-6,20H,1-2H3,(H2,17,19). The first kappa shape index (κ1) is 14.7. The minimum Gasteiger partial charge on any atom is -0.435 e. The van der Waals surface area contributed by atoms with Gasteiger partial charge in [-0.25, -0.2) is 9.37 Å². The van der Waals surface area contributed by atoms with Gasteiger partial charge in [0.2, 0.25) is 11.7 Å². The van der Waals surface area contributed by atoms with E-state index in [0.717, 1.165) is 6.07 Å². The predicted octanol–water partition coefficient (Wildman–Crippen LogP) is 2.86. The van der Waals surface area contributed by atoms with Crippen LogP contribution in [0.3, 0.4) is 0 Å². The molecular formula is C14H13F2N3O2. The highest BCUT2D eigenvalue weighted by atomic mass is 19.2.